The second-order valence-electron chi connectivity index (χ2n) is 5.27. The third-order valence-corrected chi connectivity index (χ3v) is 3.20. The highest BCUT2D eigenvalue weighted by Crippen LogP contribution is 2.13. The van der Waals surface area contributed by atoms with Crippen molar-refractivity contribution in [3.8, 4) is 5.75 Å². The Morgan fingerprint density at radius 2 is 2.13 bits per heavy atom. The maximum Gasteiger partial charge on any atom is 0.234 e. The summed E-state index contributed by atoms with van der Waals surface area (Å²) < 4.78 is 10.6. The summed E-state index contributed by atoms with van der Waals surface area (Å²) in [6, 6.07) is 11.5. The molecule has 0 spiro atoms. The van der Waals surface area contributed by atoms with Crippen LogP contribution in [0.25, 0.3) is 0 Å². The number of carbonyl (C=O) groups is 1. The van der Waals surface area contributed by atoms with Gasteiger partial charge in [0.15, 0.2) is 0 Å². The molecule has 0 aliphatic heterocycles. The van der Waals surface area contributed by atoms with Crippen molar-refractivity contribution in [1.82, 2.24) is 10.2 Å². The molecule has 0 saturated carbocycles. The van der Waals surface area contributed by atoms with Crippen molar-refractivity contribution in [3.05, 3.63) is 66.6 Å². The van der Waals surface area contributed by atoms with Crippen LogP contribution < -0.4 is 10.1 Å². The lowest BCUT2D eigenvalue weighted by atomic mass is 10.2. The standard InChI is InChI=1S/C18H22N2O3/c1-3-10-22-16-8-6-15(7-9-16)13-20(2)14-18(21)19-12-17-5-4-11-23-17/h3-9,11H,1,10,12-14H2,2H3,(H,19,21). The van der Waals surface area contributed by atoms with Gasteiger partial charge >= 0.3 is 0 Å². The zero-order valence-corrected chi connectivity index (χ0v) is 13.3. The Bertz CT molecular complexity index is 606. The molecule has 5 nitrogen and oxygen atoms in total. The van der Waals surface area contributed by atoms with Crippen molar-refractivity contribution in [2.24, 2.45) is 0 Å². The van der Waals surface area contributed by atoms with E-state index in [1.165, 1.54) is 0 Å². The summed E-state index contributed by atoms with van der Waals surface area (Å²) in [4.78, 5) is 13.8. The molecule has 0 radical (unpaired) electrons. The summed E-state index contributed by atoms with van der Waals surface area (Å²) in [5.41, 5.74) is 1.12. The third kappa shape index (κ3) is 6.00. The predicted octanol–water partition coefficient (Wildman–Crippen LogP) is 2.59. The molecule has 5 heteroatoms. The SMILES string of the molecule is C=CCOc1ccc(CN(C)CC(=O)NCc2ccco2)cc1. The van der Waals surface area contributed by atoms with Crippen LogP contribution in [0.4, 0.5) is 0 Å². The smallest absolute Gasteiger partial charge is 0.234 e. The molecule has 1 aromatic heterocycles. The summed E-state index contributed by atoms with van der Waals surface area (Å²) in [6.45, 7) is 5.54. The van der Waals surface area contributed by atoms with Crippen LogP contribution in [0.1, 0.15) is 11.3 Å². The normalized spacial score (nSPS) is 10.5. The summed E-state index contributed by atoms with van der Waals surface area (Å²) in [6.07, 6.45) is 3.30. The number of benzene rings is 1. The van der Waals surface area contributed by atoms with Gasteiger partial charge in [-0.1, -0.05) is 24.8 Å². The number of rotatable bonds is 9. The molecule has 2 rings (SSSR count). The molecule has 122 valence electrons. The first-order valence-corrected chi connectivity index (χ1v) is 7.47. The highest BCUT2D eigenvalue weighted by atomic mass is 16.5. The number of amides is 1. The van der Waals surface area contributed by atoms with E-state index in [0.29, 0.717) is 26.2 Å². The van der Waals surface area contributed by atoms with Crippen LogP contribution in [-0.4, -0.2) is 31.0 Å². The number of ether oxygens (including phenoxy) is 1. The number of likely N-dealkylation sites (N-methyl/N-ethyl adjacent to an activating group) is 1. The van der Waals surface area contributed by atoms with Crippen LogP contribution in [0.15, 0.2) is 59.7 Å². The van der Waals surface area contributed by atoms with E-state index in [1.54, 1.807) is 18.4 Å². The topological polar surface area (TPSA) is 54.7 Å². The van der Waals surface area contributed by atoms with Gasteiger partial charge in [-0.2, -0.15) is 0 Å². The molecule has 23 heavy (non-hydrogen) atoms. The first-order valence-electron chi connectivity index (χ1n) is 7.47. The van der Waals surface area contributed by atoms with Gasteiger partial charge in [-0.05, 0) is 36.9 Å². The highest BCUT2D eigenvalue weighted by Gasteiger charge is 2.08. The maximum absolute atomic E-state index is 11.9. The maximum atomic E-state index is 11.9. The predicted molar refractivity (Wildman–Crippen MR) is 89.0 cm³/mol. The number of hydrogen-bond donors (Lipinski definition) is 1. The Kier molecular flexibility index (Phi) is 6.44. The van der Waals surface area contributed by atoms with Gasteiger partial charge in [0.25, 0.3) is 0 Å². The van der Waals surface area contributed by atoms with Crippen LogP contribution in [0.3, 0.4) is 0 Å². The zero-order valence-electron chi connectivity index (χ0n) is 13.3. The number of furan rings is 1. The van der Waals surface area contributed by atoms with E-state index < -0.39 is 0 Å². The van der Waals surface area contributed by atoms with Gasteiger partial charge in [-0.25, -0.2) is 0 Å². The minimum absolute atomic E-state index is 0.0326. The molecule has 0 aliphatic rings. The van der Waals surface area contributed by atoms with E-state index in [9.17, 15) is 4.79 Å². The highest BCUT2D eigenvalue weighted by molar-refractivity contribution is 5.77. The summed E-state index contributed by atoms with van der Waals surface area (Å²) in [5.74, 6) is 1.53. The second kappa shape index (κ2) is 8.80. The van der Waals surface area contributed by atoms with Crippen LogP contribution in [-0.2, 0) is 17.9 Å². The van der Waals surface area contributed by atoms with Crippen LogP contribution in [0.2, 0.25) is 0 Å². The van der Waals surface area contributed by atoms with Crippen molar-refractivity contribution in [2.75, 3.05) is 20.2 Å². The Morgan fingerprint density at radius 3 is 2.78 bits per heavy atom. The molecule has 0 aliphatic carbocycles. The van der Waals surface area contributed by atoms with Crippen molar-refractivity contribution in [2.45, 2.75) is 13.1 Å². The minimum atomic E-state index is -0.0326. The number of carbonyl (C=O) groups excluding carboxylic acids is 1. The van der Waals surface area contributed by atoms with E-state index in [-0.39, 0.29) is 5.91 Å². The fourth-order valence-electron chi connectivity index (χ4n) is 2.11. The van der Waals surface area contributed by atoms with Crippen LogP contribution >= 0.6 is 0 Å². The molecule has 1 aromatic carbocycles. The lowest BCUT2D eigenvalue weighted by Crippen LogP contribution is -2.34. The number of nitrogens with zero attached hydrogens (tertiary/aromatic N) is 1. The van der Waals surface area contributed by atoms with E-state index in [1.807, 2.05) is 42.3 Å². The van der Waals surface area contributed by atoms with Crippen LogP contribution in [0.5, 0.6) is 5.75 Å². The average molecular weight is 314 g/mol. The van der Waals surface area contributed by atoms with E-state index >= 15 is 0 Å². The van der Waals surface area contributed by atoms with Crippen LogP contribution in [0, 0.1) is 0 Å². The average Bonchev–Trinajstić information content (AvgIpc) is 3.05. The van der Waals surface area contributed by atoms with Crippen molar-refractivity contribution in [1.29, 1.82) is 0 Å². The van der Waals surface area contributed by atoms with Gasteiger partial charge in [0.1, 0.15) is 18.1 Å². The monoisotopic (exact) mass is 314 g/mol. The van der Waals surface area contributed by atoms with Crippen molar-refractivity contribution in [3.63, 3.8) is 0 Å². The molecular weight excluding hydrogens is 292 g/mol. The van der Waals surface area contributed by atoms with Crippen molar-refractivity contribution < 1.29 is 13.9 Å². The first-order chi connectivity index (χ1) is 11.2. The Balaban J connectivity index is 1.73. The lowest BCUT2D eigenvalue weighted by Gasteiger charge is -2.16. The summed E-state index contributed by atoms with van der Waals surface area (Å²) >= 11 is 0. The molecule has 0 saturated heterocycles. The van der Waals surface area contributed by atoms with E-state index in [0.717, 1.165) is 17.1 Å². The van der Waals surface area contributed by atoms with Gasteiger partial charge < -0.3 is 14.5 Å². The molecular formula is C18H22N2O3. The number of hydrogen-bond acceptors (Lipinski definition) is 4. The van der Waals surface area contributed by atoms with Gasteiger partial charge in [0.05, 0.1) is 19.4 Å². The zero-order chi connectivity index (χ0) is 16.5. The van der Waals surface area contributed by atoms with Gasteiger partial charge in [0.2, 0.25) is 5.91 Å². The molecule has 0 fully saturated rings. The molecule has 1 amide bonds. The van der Waals surface area contributed by atoms with E-state index in [2.05, 4.69) is 11.9 Å². The second-order valence-corrected chi connectivity index (χ2v) is 5.27. The molecule has 0 bridgehead atoms. The minimum Gasteiger partial charge on any atom is -0.490 e. The molecule has 0 atom stereocenters. The Hall–Kier alpha value is -2.53. The Morgan fingerprint density at radius 1 is 1.35 bits per heavy atom. The molecule has 2 aromatic rings. The molecule has 1 N–H and O–H groups in total. The Labute approximate surface area is 136 Å². The third-order valence-electron chi connectivity index (χ3n) is 3.20. The van der Waals surface area contributed by atoms with Gasteiger partial charge in [-0.3, -0.25) is 9.69 Å². The van der Waals surface area contributed by atoms with Gasteiger partial charge in [0, 0.05) is 6.54 Å². The lowest BCUT2D eigenvalue weighted by molar-refractivity contribution is -0.122. The molecule has 0 unspecified atom stereocenters. The quantitative estimate of drug-likeness (QED) is 0.723. The largest absolute Gasteiger partial charge is 0.490 e. The van der Waals surface area contributed by atoms with E-state index in [4.69, 9.17) is 9.15 Å². The number of nitrogens with one attached hydrogen (secondary N) is 1. The van der Waals surface area contributed by atoms with Gasteiger partial charge in [-0.15, -0.1) is 0 Å². The first kappa shape index (κ1) is 16.8. The fourth-order valence-corrected chi connectivity index (χ4v) is 2.11. The van der Waals surface area contributed by atoms with Crippen molar-refractivity contribution >= 4 is 5.91 Å². The molecule has 1 heterocycles. The summed E-state index contributed by atoms with van der Waals surface area (Å²) in [5, 5.41) is 2.83. The fraction of sp³-hybridized carbons (Fsp3) is 0.278. The summed E-state index contributed by atoms with van der Waals surface area (Å²) in [7, 11) is 1.91.